The first kappa shape index (κ1) is 18.1. The fourth-order valence-corrected chi connectivity index (χ4v) is 4.09. The first-order valence-corrected chi connectivity index (χ1v) is 9.43. The first-order chi connectivity index (χ1) is 9.10. The third-order valence-corrected chi connectivity index (χ3v) is 5.24. The van der Waals surface area contributed by atoms with Crippen molar-refractivity contribution in [2.45, 2.75) is 0 Å². The summed E-state index contributed by atoms with van der Waals surface area (Å²) in [7, 11) is -16.8. The predicted molar refractivity (Wildman–Crippen MR) is 66.5 cm³/mol. The minimum Gasteiger partial charge on any atom is -0.506 e. The monoisotopic (exact) mass is 366 g/mol. The molecule has 0 heterocycles. The molecule has 1 rings (SSSR count). The number of phenolic OH excluding ortho intramolecular Hbond substituents is 3. The van der Waals surface area contributed by atoms with Gasteiger partial charge in [0.25, 0.3) is 0 Å². The summed E-state index contributed by atoms with van der Waals surface area (Å²) in [4.78, 5) is 53.6. The zero-order valence-corrected chi connectivity index (χ0v) is 12.3. The van der Waals surface area contributed by atoms with Crippen LogP contribution in [0, 0.1) is 0 Å². The molecule has 0 spiro atoms. The molecule has 0 aliphatic carbocycles. The van der Waals surface area contributed by atoms with Gasteiger partial charge < -0.3 is 44.7 Å². The van der Waals surface area contributed by atoms with E-state index in [2.05, 4.69) is 0 Å². The van der Waals surface area contributed by atoms with Crippen LogP contribution in [0.3, 0.4) is 0 Å². The lowest BCUT2D eigenvalue weighted by atomic mass is 10.3. The molecular formula is C6H9O12P3. The molecule has 0 bridgehead atoms. The number of aromatic hydroxyl groups is 3. The second-order valence-electron chi connectivity index (χ2n) is 3.72. The number of rotatable bonds is 3. The molecule has 0 unspecified atom stereocenters. The molecule has 120 valence electrons. The topological polar surface area (TPSA) is 233 Å². The van der Waals surface area contributed by atoms with Crippen molar-refractivity contribution in [3.05, 3.63) is 0 Å². The molecule has 0 amide bonds. The van der Waals surface area contributed by atoms with Crippen molar-refractivity contribution in [3.63, 3.8) is 0 Å². The molecule has 0 radical (unpaired) electrons. The van der Waals surface area contributed by atoms with Crippen molar-refractivity contribution in [2.75, 3.05) is 0 Å². The Morgan fingerprint density at radius 1 is 0.476 bits per heavy atom. The minimum atomic E-state index is -5.60. The van der Waals surface area contributed by atoms with Gasteiger partial charge in [0, 0.05) is 0 Å². The molecule has 0 saturated carbocycles. The smallest absolute Gasteiger partial charge is 0.363 e. The van der Waals surface area contributed by atoms with Gasteiger partial charge in [-0.3, -0.25) is 13.7 Å². The van der Waals surface area contributed by atoms with Crippen molar-refractivity contribution in [1.29, 1.82) is 0 Å². The third-order valence-electron chi connectivity index (χ3n) is 2.22. The molecule has 0 aliphatic heterocycles. The van der Waals surface area contributed by atoms with Gasteiger partial charge in [0.05, 0.1) is 0 Å². The molecule has 9 N–H and O–H groups in total. The molecule has 12 nitrogen and oxygen atoms in total. The van der Waals surface area contributed by atoms with Gasteiger partial charge >= 0.3 is 22.8 Å². The summed E-state index contributed by atoms with van der Waals surface area (Å²) in [6.45, 7) is 0. The summed E-state index contributed by atoms with van der Waals surface area (Å²) >= 11 is 0. The Balaban J connectivity index is 4.19. The summed E-state index contributed by atoms with van der Waals surface area (Å²) in [5.41, 5.74) is 0. The Kier molecular flexibility index (Phi) is 4.37. The van der Waals surface area contributed by atoms with E-state index in [4.69, 9.17) is 29.4 Å². The van der Waals surface area contributed by atoms with Gasteiger partial charge in [-0.25, -0.2) is 0 Å². The maximum absolute atomic E-state index is 11.1. The highest BCUT2D eigenvalue weighted by Crippen LogP contribution is 2.51. The van der Waals surface area contributed by atoms with Crippen molar-refractivity contribution in [3.8, 4) is 17.2 Å². The van der Waals surface area contributed by atoms with E-state index < -0.39 is 55.9 Å². The molecule has 15 heteroatoms. The second-order valence-corrected chi connectivity index (χ2v) is 8.33. The largest absolute Gasteiger partial charge is 0.506 e. The van der Waals surface area contributed by atoms with Crippen LogP contribution in [0.5, 0.6) is 17.2 Å². The number of benzene rings is 1. The average Bonchev–Trinajstić information content (AvgIpc) is 2.07. The summed E-state index contributed by atoms with van der Waals surface area (Å²) in [6.07, 6.45) is 0. The fraction of sp³-hybridized carbons (Fsp3) is 0. The number of hydrogen-bond acceptors (Lipinski definition) is 6. The van der Waals surface area contributed by atoms with Crippen LogP contribution in [0.4, 0.5) is 0 Å². The number of hydrogen-bond donors (Lipinski definition) is 9. The van der Waals surface area contributed by atoms with E-state index in [1.54, 1.807) is 0 Å². The Bertz CT molecular complexity index is 613. The van der Waals surface area contributed by atoms with Gasteiger partial charge in [0.1, 0.15) is 15.9 Å². The Labute approximate surface area is 115 Å². The Morgan fingerprint density at radius 3 is 0.714 bits per heavy atom. The van der Waals surface area contributed by atoms with Gasteiger partial charge in [-0.1, -0.05) is 0 Å². The maximum Gasteiger partial charge on any atom is 0.363 e. The van der Waals surface area contributed by atoms with Crippen molar-refractivity contribution < 1.29 is 58.4 Å². The van der Waals surface area contributed by atoms with Crippen LogP contribution in [0.2, 0.25) is 0 Å². The van der Waals surface area contributed by atoms with Crippen molar-refractivity contribution in [2.24, 2.45) is 0 Å². The van der Waals surface area contributed by atoms with Crippen LogP contribution >= 0.6 is 22.8 Å². The molecule has 0 fully saturated rings. The predicted octanol–water partition coefficient (Wildman–Crippen LogP) is -2.79. The molecular weight excluding hydrogens is 357 g/mol. The van der Waals surface area contributed by atoms with Gasteiger partial charge in [0.2, 0.25) is 0 Å². The summed E-state index contributed by atoms with van der Waals surface area (Å²) in [5.74, 6) is -5.61. The minimum absolute atomic E-state index is 1.82. The molecule has 0 saturated heterocycles. The van der Waals surface area contributed by atoms with Gasteiger partial charge in [-0.15, -0.1) is 0 Å². The molecule has 1 aromatic rings. The lowest BCUT2D eigenvalue weighted by Crippen LogP contribution is -2.25. The van der Waals surface area contributed by atoms with E-state index in [1.165, 1.54) is 0 Å². The summed E-state index contributed by atoms with van der Waals surface area (Å²) < 4.78 is 33.4. The lowest BCUT2D eigenvalue weighted by molar-refractivity contribution is 0.374. The second kappa shape index (κ2) is 5.06. The van der Waals surface area contributed by atoms with Crippen LogP contribution < -0.4 is 15.9 Å². The highest BCUT2D eigenvalue weighted by molar-refractivity contribution is 7.64. The highest BCUT2D eigenvalue weighted by atomic mass is 31.2. The normalized spacial score (nSPS) is 13.4. The first-order valence-electron chi connectivity index (χ1n) is 4.59. The van der Waals surface area contributed by atoms with Gasteiger partial charge in [-0.05, 0) is 0 Å². The van der Waals surface area contributed by atoms with Crippen LogP contribution in [0.25, 0.3) is 0 Å². The summed E-state index contributed by atoms with van der Waals surface area (Å²) in [6, 6.07) is 0. The SMILES string of the molecule is O=P(O)(O)c1c(O)c(P(=O)(O)O)c(O)c(P(=O)(O)O)c1O. The molecule has 0 atom stereocenters. The van der Waals surface area contributed by atoms with E-state index in [9.17, 15) is 29.0 Å². The molecule has 0 aliphatic rings. The third kappa shape index (κ3) is 3.29. The van der Waals surface area contributed by atoms with E-state index in [0.29, 0.717) is 0 Å². The van der Waals surface area contributed by atoms with E-state index >= 15 is 0 Å². The zero-order valence-electron chi connectivity index (χ0n) is 9.59. The Morgan fingerprint density at radius 2 is 0.619 bits per heavy atom. The zero-order chi connectivity index (χ0) is 17.0. The lowest BCUT2D eigenvalue weighted by Gasteiger charge is -2.19. The number of phenols is 3. The molecule has 0 aromatic heterocycles. The van der Waals surface area contributed by atoms with Gasteiger partial charge in [0.15, 0.2) is 17.2 Å². The van der Waals surface area contributed by atoms with Crippen LogP contribution in [-0.2, 0) is 13.7 Å². The van der Waals surface area contributed by atoms with Crippen LogP contribution in [0.1, 0.15) is 0 Å². The molecule has 1 aromatic carbocycles. The summed E-state index contributed by atoms with van der Waals surface area (Å²) in [5, 5.41) is 22.9. The standard InChI is InChI=1S/C6H9O12P3/c7-1-4(19(10,11)12)2(8)6(21(16,17)18)3(9)5(1)20(13,14)15/h7-9H,(H2,10,11,12)(H2,13,14,15)(H2,16,17,18). The van der Waals surface area contributed by atoms with E-state index in [1.807, 2.05) is 0 Å². The van der Waals surface area contributed by atoms with Gasteiger partial charge in [-0.2, -0.15) is 0 Å². The highest BCUT2D eigenvalue weighted by Gasteiger charge is 2.43. The van der Waals surface area contributed by atoms with Crippen LogP contribution in [0.15, 0.2) is 0 Å². The van der Waals surface area contributed by atoms with E-state index in [-0.39, 0.29) is 0 Å². The molecule has 21 heavy (non-hydrogen) atoms. The Hall–Kier alpha value is -0.930. The van der Waals surface area contributed by atoms with Crippen LogP contribution in [-0.4, -0.2) is 44.7 Å². The van der Waals surface area contributed by atoms with Crippen molar-refractivity contribution in [1.82, 2.24) is 0 Å². The maximum atomic E-state index is 11.1. The fourth-order valence-electron chi connectivity index (χ4n) is 1.50. The van der Waals surface area contributed by atoms with Crippen molar-refractivity contribution >= 4 is 38.7 Å². The quantitative estimate of drug-likeness (QED) is 0.247. The average molecular weight is 366 g/mol. The van der Waals surface area contributed by atoms with E-state index in [0.717, 1.165) is 0 Å².